The fourth-order valence-corrected chi connectivity index (χ4v) is 4.15. The van der Waals surface area contributed by atoms with Crippen LogP contribution in [0.25, 0.3) is 0 Å². The van der Waals surface area contributed by atoms with E-state index in [4.69, 9.17) is 4.74 Å². The molecular weight excluding hydrogens is 302 g/mol. The lowest BCUT2D eigenvalue weighted by molar-refractivity contribution is 0.0487. The van der Waals surface area contributed by atoms with Crippen LogP contribution in [-0.4, -0.2) is 53.9 Å². The van der Waals surface area contributed by atoms with Gasteiger partial charge in [-0.2, -0.15) is 0 Å². The molecule has 5 nitrogen and oxygen atoms in total. The van der Waals surface area contributed by atoms with Crippen LogP contribution in [0.5, 0.6) is 0 Å². The molecule has 24 heavy (non-hydrogen) atoms. The van der Waals surface area contributed by atoms with Crippen LogP contribution in [-0.2, 0) is 4.74 Å². The second-order valence-corrected chi connectivity index (χ2v) is 8.91. The zero-order valence-electron chi connectivity index (χ0n) is 15.6. The summed E-state index contributed by atoms with van der Waals surface area (Å²) in [6.07, 6.45) is 9.62. The fraction of sp³-hybridized carbons (Fsp3) is 0.947. The Hall–Kier alpha value is -0.810. The lowest BCUT2D eigenvalue weighted by Gasteiger charge is -2.37. The van der Waals surface area contributed by atoms with Gasteiger partial charge >= 0.3 is 6.09 Å². The third-order valence-electron chi connectivity index (χ3n) is 5.46. The molecule has 0 radical (unpaired) electrons. The van der Waals surface area contributed by atoms with Crippen LogP contribution < -0.4 is 10.6 Å². The summed E-state index contributed by atoms with van der Waals surface area (Å²) in [6.45, 7) is 8.24. The summed E-state index contributed by atoms with van der Waals surface area (Å²) >= 11 is 0. The van der Waals surface area contributed by atoms with Crippen LogP contribution >= 0.6 is 0 Å². The number of likely N-dealkylation sites (tertiary alicyclic amines) is 1. The van der Waals surface area contributed by atoms with Crippen molar-refractivity contribution in [3.8, 4) is 0 Å². The van der Waals surface area contributed by atoms with E-state index in [2.05, 4.69) is 15.5 Å². The lowest BCUT2D eigenvalue weighted by atomic mass is 9.89. The first-order chi connectivity index (χ1) is 11.4. The van der Waals surface area contributed by atoms with E-state index >= 15 is 0 Å². The molecule has 1 aliphatic heterocycles. The Labute approximate surface area is 146 Å². The third-order valence-corrected chi connectivity index (χ3v) is 5.46. The molecule has 2 atom stereocenters. The molecule has 1 saturated heterocycles. The minimum absolute atomic E-state index is 0.248. The number of alkyl carbamates (subject to hydrolysis) is 1. The maximum atomic E-state index is 12.0. The van der Waals surface area contributed by atoms with Crippen LogP contribution in [0, 0.1) is 0 Å². The van der Waals surface area contributed by atoms with Gasteiger partial charge < -0.3 is 20.3 Å². The van der Waals surface area contributed by atoms with Crippen molar-refractivity contribution in [2.75, 3.05) is 13.1 Å². The second-order valence-electron chi connectivity index (χ2n) is 8.91. The quantitative estimate of drug-likeness (QED) is 0.828. The lowest BCUT2D eigenvalue weighted by Crippen LogP contribution is -2.50. The summed E-state index contributed by atoms with van der Waals surface area (Å²) in [5.74, 6) is 0. The monoisotopic (exact) mass is 337 g/mol. The van der Waals surface area contributed by atoms with Gasteiger partial charge in [0.1, 0.15) is 5.60 Å². The van der Waals surface area contributed by atoms with Crippen LogP contribution in [0.15, 0.2) is 0 Å². The first-order valence-corrected chi connectivity index (χ1v) is 9.89. The van der Waals surface area contributed by atoms with Gasteiger partial charge in [0.2, 0.25) is 0 Å². The highest BCUT2D eigenvalue weighted by Crippen LogP contribution is 2.29. The summed E-state index contributed by atoms with van der Waals surface area (Å²) in [4.78, 5) is 14.6. The van der Waals surface area contributed by atoms with Crippen LogP contribution in [0.4, 0.5) is 4.79 Å². The predicted molar refractivity (Wildman–Crippen MR) is 96.2 cm³/mol. The van der Waals surface area contributed by atoms with Gasteiger partial charge in [-0.05, 0) is 85.2 Å². The van der Waals surface area contributed by atoms with Gasteiger partial charge in [-0.25, -0.2) is 4.79 Å². The van der Waals surface area contributed by atoms with Gasteiger partial charge in [0.05, 0.1) is 0 Å². The largest absolute Gasteiger partial charge is 0.444 e. The van der Waals surface area contributed by atoms with E-state index in [1.807, 2.05) is 20.8 Å². The Balaban J connectivity index is 1.38. The number of rotatable bonds is 4. The number of hydrogen-bond donors (Lipinski definition) is 2. The summed E-state index contributed by atoms with van der Waals surface area (Å²) in [5, 5.41) is 6.93. The second kappa shape index (κ2) is 7.61. The molecule has 3 rings (SSSR count). The third kappa shape index (κ3) is 5.62. The number of piperidine rings is 1. The van der Waals surface area contributed by atoms with E-state index in [1.54, 1.807) is 0 Å². The summed E-state index contributed by atoms with van der Waals surface area (Å²) in [5.41, 5.74) is -0.425. The number of carbonyl (C=O) groups excluding carboxylic acids is 1. The molecule has 2 aliphatic carbocycles. The van der Waals surface area contributed by atoms with Gasteiger partial charge in [-0.1, -0.05) is 0 Å². The topological polar surface area (TPSA) is 53.6 Å². The Kier molecular flexibility index (Phi) is 5.70. The minimum atomic E-state index is -0.425. The number of hydrogen-bond acceptors (Lipinski definition) is 4. The normalized spacial score (nSPS) is 30.1. The van der Waals surface area contributed by atoms with Crippen molar-refractivity contribution in [3.05, 3.63) is 0 Å². The van der Waals surface area contributed by atoms with Crippen LogP contribution in [0.1, 0.15) is 72.1 Å². The maximum Gasteiger partial charge on any atom is 0.407 e. The molecule has 2 unspecified atom stereocenters. The van der Waals surface area contributed by atoms with Crippen molar-refractivity contribution < 1.29 is 9.53 Å². The van der Waals surface area contributed by atoms with E-state index in [9.17, 15) is 4.79 Å². The van der Waals surface area contributed by atoms with Crippen molar-refractivity contribution in [3.63, 3.8) is 0 Å². The first-order valence-electron chi connectivity index (χ1n) is 9.89. The van der Waals surface area contributed by atoms with Crippen molar-refractivity contribution in [1.29, 1.82) is 0 Å². The molecule has 0 aromatic carbocycles. The molecule has 3 aliphatic rings. The van der Waals surface area contributed by atoms with Gasteiger partial charge in [0.15, 0.2) is 0 Å². The first kappa shape index (κ1) is 18.0. The van der Waals surface area contributed by atoms with Crippen molar-refractivity contribution >= 4 is 6.09 Å². The molecule has 138 valence electrons. The fourth-order valence-electron chi connectivity index (χ4n) is 4.15. The molecule has 1 amide bonds. The van der Waals surface area contributed by atoms with Gasteiger partial charge in [-0.3, -0.25) is 0 Å². The average molecular weight is 338 g/mol. The van der Waals surface area contributed by atoms with Gasteiger partial charge in [0.25, 0.3) is 0 Å². The van der Waals surface area contributed by atoms with E-state index < -0.39 is 5.60 Å². The Morgan fingerprint density at radius 1 is 0.958 bits per heavy atom. The van der Waals surface area contributed by atoms with E-state index in [0.717, 1.165) is 18.9 Å². The predicted octanol–water partition coefficient (Wildman–Crippen LogP) is 3.04. The molecule has 3 fully saturated rings. The van der Waals surface area contributed by atoms with Crippen molar-refractivity contribution in [2.45, 2.75) is 102 Å². The number of nitrogens with one attached hydrogen (secondary N) is 2. The van der Waals surface area contributed by atoms with E-state index in [0.29, 0.717) is 12.1 Å². The number of carbonyl (C=O) groups is 1. The number of amides is 1. The highest BCUT2D eigenvalue weighted by molar-refractivity contribution is 5.68. The molecular formula is C19H35N3O2. The Morgan fingerprint density at radius 3 is 2.25 bits per heavy atom. The average Bonchev–Trinajstić information content (AvgIpc) is 3.31. The molecule has 0 aromatic heterocycles. The summed E-state index contributed by atoms with van der Waals surface area (Å²) < 4.78 is 5.39. The maximum absolute atomic E-state index is 12.0. The minimum Gasteiger partial charge on any atom is -0.444 e. The molecule has 0 bridgehead atoms. The molecule has 2 saturated carbocycles. The summed E-state index contributed by atoms with van der Waals surface area (Å²) in [7, 11) is 0. The van der Waals surface area contributed by atoms with E-state index in [-0.39, 0.29) is 12.1 Å². The van der Waals surface area contributed by atoms with Crippen LogP contribution in [0.3, 0.4) is 0 Å². The SMILES string of the molecule is CC(C)(C)OC(=O)NC1CCCC(NC2CCN(C3CC3)CC2)C1. The Morgan fingerprint density at radius 2 is 1.62 bits per heavy atom. The number of nitrogens with zero attached hydrogens (tertiary/aromatic N) is 1. The van der Waals surface area contributed by atoms with Gasteiger partial charge in [-0.15, -0.1) is 0 Å². The van der Waals surface area contributed by atoms with Crippen LogP contribution in [0.2, 0.25) is 0 Å². The van der Waals surface area contributed by atoms with E-state index in [1.165, 1.54) is 51.6 Å². The zero-order valence-corrected chi connectivity index (χ0v) is 15.6. The highest BCUT2D eigenvalue weighted by Gasteiger charge is 2.33. The number of ether oxygens (including phenoxy) is 1. The summed E-state index contributed by atoms with van der Waals surface area (Å²) in [6, 6.07) is 2.35. The van der Waals surface area contributed by atoms with Gasteiger partial charge in [0, 0.05) is 24.2 Å². The Bertz CT molecular complexity index is 423. The molecule has 0 spiro atoms. The smallest absolute Gasteiger partial charge is 0.407 e. The molecule has 2 N–H and O–H groups in total. The van der Waals surface area contributed by atoms with Crippen molar-refractivity contribution in [1.82, 2.24) is 15.5 Å². The highest BCUT2D eigenvalue weighted by atomic mass is 16.6. The molecule has 0 aromatic rings. The molecule has 1 heterocycles. The zero-order chi connectivity index (χ0) is 17.2. The standard InChI is InChI=1S/C19H35N3O2/c1-19(2,3)24-18(23)21-16-6-4-5-15(13-16)20-14-9-11-22(12-10-14)17-7-8-17/h14-17,20H,4-13H2,1-3H3,(H,21,23). The van der Waals surface area contributed by atoms with Crippen molar-refractivity contribution in [2.24, 2.45) is 0 Å². The molecule has 5 heteroatoms.